The number of anilines is 2. The zero-order valence-electron chi connectivity index (χ0n) is 20.1. The summed E-state index contributed by atoms with van der Waals surface area (Å²) < 4.78 is 18.5. The van der Waals surface area contributed by atoms with Crippen LogP contribution in [0, 0.1) is 0 Å². The molecule has 0 fully saturated rings. The third-order valence-electron chi connectivity index (χ3n) is 5.60. The smallest absolute Gasteiger partial charge is 0.283 e. The minimum absolute atomic E-state index is 0.0703. The van der Waals surface area contributed by atoms with E-state index in [0.717, 1.165) is 17.6 Å². The maximum atomic E-state index is 12.7. The number of nitrogens with one attached hydrogen (secondary N) is 1. The number of nitrogens with zero attached hydrogens (tertiary/aromatic N) is 6. The Balaban J connectivity index is 1.63. The van der Waals surface area contributed by atoms with Crippen molar-refractivity contribution in [3.8, 4) is 11.5 Å². The first-order valence-corrected chi connectivity index (χ1v) is 11.4. The number of hydrogen-bond acceptors (Lipinski definition) is 10. The lowest BCUT2D eigenvalue weighted by Gasteiger charge is -2.18. The predicted molar refractivity (Wildman–Crippen MR) is 131 cm³/mol. The van der Waals surface area contributed by atoms with Crippen molar-refractivity contribution in [2.24, 2.45) is 4.99 Å². The van der Waals surface area contributed by atoms with Crippen molar-refractivity contribution >= 4 is 35.0 Å². The quantitative estimate of drug-likeness (QED) is 0.282. The van der Waals surface area contributed by atoms with Crippen LogP contribution in [-0.4, -0.2) is 83.8 Å². The van der Waals surface area contributed by atoms with Crippen molar-refractivity contribution in [1.82, 2.24) is 24.4 Å². The summed E-state index contributed by atoms with van der Waals surface area (Å²) in [6.07, 6.45) is 4.07. The number of benzene rings is 1. The van der Waals surface area contributed by atoms with Gasteiger partial charge in [-0.1, -0.05) is 0 Å². The van der Waals surface area contributed by atoms with Crippen molar-refractivity contribution in [2.45, 2.75) is 13.0 Å². The Labute approximate surface area is 206 Å². The highest BCUT2D eigenvalue weighted by molar-refractivity contribution is 5.96. The number of fused-ring (bicyclic) bond motifs is 3. The average molecular weight is 497 g/mol. The molecule has 1 aliphatic rings. The van der Waals surface area contributed by atoms with Gasteiger partial charge >= 0.3 is 0 Å². The molecule has 3 aromatic rings. The van der Waals surface area contributed by atoms with Crippen molar-refractivity contribution in [3.63, 3.8) is 0 Å². The van der Waals surface area contributed by atoms with Crippen molar-refractivity contribution < 1.29 is 23.8 Å². The zero-order valence-corrected chi connectivity index (χ0v) is 20.1. The maximum Gasteiger partial charge on any atom is 0.283 e. The molecule has 0 radical (unpaired) electrons. The molecule has 2 aromatic heterocycles. The molecule has 0 unspecified atom stereocenters. The topological polar surface area (TPSA) is 159 Å². The predicted octanol–water partition coefficient (Wildman–Crippen LogP) is 0.457. The van der Waals surface area contributed by atoms with Crippen LogP contribution in [0.4, 0.5) is 11.8 Å². The van der Waals surface area contributed by atoms with Gasteiger partial charge < -0.3 is 30.2 Å². The van der Waals surface area contributed by atoms with Gasteiger partial charge in [0, 0.05) is 51.1 Å². The fraction of sp³-hybridized carbons (Fsp3) is 0.391. The second kappa shape index (κ2) is 11.4. The van der Waals surface area contributed by atoms with E-state index in [1.807, 2.05) is 16.7 Å². The monoisotopic (exact) mass is 496 g/mol. The number of amides is 2. The lowest BCUT2D eigenvalue weighted by Crippen LogP contribution is -2.28. The van der Waals surface area contributed by atoms with Gasteiger partial charge in [0.1, 0.15) is 11.3 Å². The lowest BCUT2D eigenvalue weighted by atomic mass is 10.2. The SMILES string of the molecule is COCCN(C=O)CCCOc1ccc2c3n(c(=NC(=O)c4cnc(N)nc4)nc2c1OC)CCN3. The zero-order chi connectivity index (χ0) is 25.5. The normalized spacial score (nSPS) is 12.8. The van der Waals surface area contributed by atoms with E-state index >= 15 is 0 Å². The number of carbonyl (C=O) groups is 2. The van der Waals surface area contributed by atoms with E-state index in [2.05, 4.69) is 25.3 Å². The van der Waals surface area contributed by atoms with E-state index in [1.165, 1.54) is 19.5 Å². The summed E-state index contributed by atoms with van der Waals surface area (Å²) in [7, 11) is 3.13. The summed E-state index contributed by atoms with van der Waals surface area (Å²) in [5.41, 5.74) is 6.43. The van der Waals surface area contributed by atoms with E-state index in [9.17, 15) is 9.59 Å². The molecule has 1 aliphatic heterocycles. The van der Waals surface area contributed by atoms with E-state index in [-0.39, 0.29) is 17.1 Å². The van der Waals surface area contributed by atoms with Crippen LogP contribution in [0.25, 0.3) is 10.9 Å². The van der Waals surface area contributed by atoms with Crippen molar-refractivity contribution in [1.29, 1.82) is 0 Å². The van der Waals surface area contributed by atoms with Crippen LogP contribution in [0.3, 0.4) is 0 Å². The highest BCUT2D eigenvalue weighted by Gasteiger charge is 2.21. The Morgan fingerprint density at radius 2 is 2.06 bits per heavy atom. The lowest BCUT2D eigenvalue weighted by molar-refractivity contribution is -0.118. The number of aromatic nitrogens is 4. The molecule has 3 N–H and O–H groups in total. The third kappa shape index (κ3) is 5.35. The molecule has 3 heterocycles. The molecule has 0 bridgehead atoms. The van der Waals surface area contributed by atoms with E-state index < -0.39 is 5.91 Å². The van der Waals surface area contributed by atoms with Crippen LogP contribution in [0.2, 0.25) is 0 Å². The molecule has 4 rings (SSSR count). The Bertz CT molecular complexity index is 1310. The number of nitrogen functional groups attached to an aromatic ring is 1. The summed E-state index contributed by atoms with van der Waals surface area (Å²) >= 11 is 0. The molecular formula is C23H28N8O5. The third-order valence-corrected chi connectivity index (χ3v) is 5.60. The minimum atomic E-state index is -0.539. The minimum Gasteiger partial charge on any atom is -0.491 e. The summed E-state index contributed by atoms with van der Waals surface area (Å²) in [5, 5.41) is 4.14. The summed E-state index contributed by atoms with van der Waals surface area (Å²) in [4.78, 5) is 42.1. The average Bonchev–Trinajstić information content (AvgIpc) is 3.39. The number of rotatable bonds is 11. The van der Waals surface area contributed by atoms with Gasteiger partial charge in [-0.2, -0.15) is 4.99 Å². The molecule has 2 amide bonds. The number of ether oxygens (including phenoxy) is 3. The maximum absolute atomic E-state index is 12.7. The van der Waals surface area contributed by atoms with Gasteiger partial charge in [-0.05, 0) is 18.6 Å². The molecule has 0 atom stereocenters. The molecule has 0 spiro atoms. The molecular weight excluding hydrogens is 468 g/mol. The molecule has 13 heteroatoms. The molecule has 36 heavy (non-hydrogen) atoms. The van der Waals surface area contributed by atoms with Crippen LogP contribution in [0.1, 0.15) is 16.8 Å². The van der Waals surface area contributed by atoms with E-state index in [4.69, 9.17) is 19.9 Å². The van der Waals surface area contributed by atoms with Gasteiger partial charge in [0.2, 0.25) is 18.0 Å². The largest absolute Gasteiger partial charge is 0.491 e. The number of hydrogen-bond donors (Lipinski definition) is 2. The van der Waals surface area contributed by atoms with E-state index in [1.54, 1.807) is 12.0 Å². The van der Waals surface area contributed by atoms with Gasteiger partial charge in [-0.3, -0.25) is 14.2 Å². The van der Waals surface area contributed by atoms with Crippen molar-refractivity contribution in [3.05, 3.63) is 35.7 Å². The summed E-state index contributed by atoms with van der Waals surface area (Å²) in [6, 6.07) is 3.71. The fourth-order valence-corrected chi connectivity index (χ4v) is 3.82. The van der Waals surface area contributed by atoms with Crippen LogP contribution >= 0.6 is 0 Å². The molecule has 0 aliphatic carbocycles. The van der Waals surface area contributed by atoms with Crippen molar-refractivity contribution in [2.75, 3.05) is 58.1 Å². The Hall–Kier alpha value is -4.26. The number of carbonyl (C=O) groups excluding carboxylic acids is 2. The Kier molecular flexibility index (Phi) is 7.90. The molecule has 0 saturated carbocycles. The first-order valence-electron chi connectivity index (χ1n) is 11.4. The number of nitrogens with two attached hydrogens (primary N) is 1. The summed E-state index contributed by atoms with van der Waals surface area (Å²) in [5.74, 6) is 1.24. The van der Waals surface area contributed by atoms with Gasteiger partial charge in [-0.15, -0.1) is 0 Å². The second-order valence-corrected chi connectivity index (χ2v) is 7.92. The number of methoxy groups -OCH3 is 2. The van der Waals surface area contributed by atoms with Gasteiger partial charge in [0.05, 0.1) is 25.9 Å². The van der Waals surface area contributed by atoms with Crippen LogP contribution in [0.15, 0.2) is 29.5 Å². The highest BCUT2D eigenvalue weighted by Crippen LogP contribution is 2.37. The van der Waals surface area contributed by atoms with Gasteiger partial charge in [0.15, 0.2) is 11.5 Å². The van der Waals surface area contributed by atoms with Gasteiger partial charge in [-0.25, -0.2) is 15.0 Å². The first-order chi connectivity index (χ1) is 17.5. The Morgan fingerprint density at radius 3 is 2.78 bits per heavy atom. The summed E-state index contributed by atoms with van der Waals surface area (Å²) in [6.45, 7) is 3.16. The standard InChI is InChI=1S/C23H28N8O5/c1-34-11-9-30(14-32)7-3-10-36-17-5-4-16-18(19(17)35-2)28-23(31-8-6-25-20(16)31)29-21(33)15-12-26-22(24)27-13-15/h4-5,12-14,25H,3,6-11H2,1-2H3,(H2,24,26,27). The Morgan fingerprint density at radius 1 is 1.25 bits per heavy atom. The van der Waals surface area contributed by atoms with Crippen LogP contribution in [-0.2, 0) is 16.1 Å². The molecule has 190 valence electrons. The van der Waals surface area contributed by atoms with E-state index in [0.29, 0.717) is 62.8 Å². The molecule has 13 nitrogen and oxygen atoms in total. The fourth-order valence-electron chi connectivity index (χ4n) is 3.82. The van der Waals surface area contributed by atoms with Crippen LogP contribution < -0.4 is 26.1 Å². The van der Waals surface area contributed by atoms with Gasteiger partial charge in [0.25, 0.3) is 5.91 Å². The molecule has 1 aromatic carbocycles. The first kappa shape index (κ1) is 24.9. The molecule has 0 saturated heterocycles. The second-order valence-electron chi connectivity index (χ2n) is 7.92. The van der Waals surface area contributed by atoms with Crippen LogP contribution in [0.5, 0.6) is 11.5 Å². The highest BCUT2D eigenvalue weighted by atomic mass is 16.5.